The van der Waals surface area contributed by atoms with Crippen LogP contribution in [0.2, 0.25) is 5.02 Å². The second kappa shape index (κ2) is 6.22. The number of hydrogen-bond donors (Lipinski definition) is 1. The highest BCUT2D eigenvalue weighted by atomic mass is 35.5. The summed E-state index contributed by atoms with van der Waals surface area (Å²) in [6, 6.07) is 8.51. The first kappa shape index (κ1) is 15.7. The van der Waals surface area contributed by atoms with Crippen LogP contribution >= 0.6 is 11.6 Å². The molecule has 126 valence electrons. The molecule has 0 saturated carbocycles. The van der Waals surface area contributed by atoms with Crippen molar-refractivity contribution in [1.82, 2.24) is 20.0 Å². The molecule has 1 amide bonds. The highest BCUT2D eigenvalue weighted by molar-refractivity contribution is 6.30. The fraction of sp³-hybridized carbons (Fsp3) is 0.444. The second-order valence-corrected chi connectivity index (χ2v) is 7.15. The largest absolute Gasteiger partial charge is 0.337 e. The molecule has 2 fully saturated rings. The average molecular weight is 345 g/mol. The molecule has 24 heavy (non-hydrogen) atoms. The maximum absolute atomic E-state index is 13.0. The number of rotatable bonds is 2. The van der Waals surface area contributed by atoms with E-state index >= 15 is 0 Å². The number of nitrogens with one attached hydrogen (secondary N) is 1. The minimum Gasteiger partial charge on any atom is -0.337 e. The third-order valence-electron chi connectivity index (χ3n) is 5.10. The molecule has 6 heteroatoms. The molecule has 1 aromatic heterocycles. The maximum Gasteiger partial charge on any atom is 0.257 e. The Bertz CT molecular complexity index is 772. The van der Waals surface area contributed by atoms with Gasteiger partial charge in [0.25, 0.3) is 5.91 Å². The molecule has 2 atom stereocenters. The first-order valence-corrected chi connectivity index (χ1v) is 8.85. The van der Waals surface area contributed by atoms with Gasteiger partial charge in [-0.15, -0.1) is 0 Å². The summed E-state index contributed by atoms with van der Waals surface area (Å²) in [7, 11) is 0. The highest BCUT2D eigenvalue weighted by Gasteiger charge is 2.32. The quantitative estimate of drug-likeness (QED) is 0.911. The molecule has 0 aliphatic carbocycles. The van der Waals surface area contributed by atoms with Crippen LogP contribution in [-0.2, 0) is 0 Å². The molecule has 3 heterocycles. The summed E-state index contributed by atoms with van der Waals surface area (Å²) in [5.74, 6) is 0.0788. The van der Waals surface area contributed by atoms with E-state index in [9.17, 15) is 4.79 Å². The van der Waals surface area contributed by atoms with Crippen LogP contribution in [0.15, 0.2) is 30.5 Å². The summed E-state index contributed by atoms with van der Waals surface area (Å²) in [6.45, 7) is 3.54. The summed E-state index contributed by atoms with van der Waals surface area (Å²) in [6.07, 6.45) is 5.10. The summed E-state index contributed by atoms with van der Waals surface area (Å²) in [4.78, 5) is 15.0. The van der Waals surface area contributed by atoms with Gasteiger partial charge in [-0.1, -0.05) is 17.7 Å². The molecule has 2 unspecified atom stereocenters. The normalized spacial score (nSPS) is 23.3. The Labute approximate surface area is 146 Å². The van der Waals surface area contributed by atoms with Crippen molar-refractivity contribution >= 4 is 17.5 Å². The molecule has 1 N–H and O–H groups in total. The van der Waals surface area contributed by atoms with Crippen molar-refractivity contribution in [1.29, 1.82) is 0 Å². The molecule has 5 nitrogen and oxygen atoms in total. The van der Waals surface area contributed by atoms with Gasteiger partial charge in [0.2, 0.25) is 0 Å². The SMILES string of the molecule is Cc1c(C(=O)N2CCC3CCC(C2)N3)cnn1-c1cccc(Cl)c1. The van der Waals surface area contributed by atoms with Gasteiger partial charge in [-0.3, -0.25) is 4.79 Å². The van der Waals surface area contributed by atoms with Crippen molar-refractivity contribution in [2.75, 3.05) is 13.1 Å². The molecule has 0 radical (unpaired) electrons. The van der Waals surface area contributed by atoms with E-state index in [1.54, 1.807) is 10.9 Å². The molecule has 2 bridgehead atoms. The number of carbonyl (C=O) groups is 1. The summed E-state index contributed by atoms with van der Waals surface area (Å²) in [5, 5.41) is 8.68. The van der Waals surface area contributed by atoms with Crippen LogP contribution in [0, 0.1) is 6.92 Å². The van der Waals surface area contributed by atoms with Gasteiger partial charge in [-0.05, 0) is 44.4 Å². The summed E-state index contributed by atoms with van der Waals surface area (Å²) < 4.78 is 1.78. The minimum absolute atomic E-state index is 0.0788. The molecule has 0 spiro atoms. The second-order valence-electron chi connectivity index (χ2n) is 6.71. The predicted octanol–water partition coefficient (Wildman–Crippen LogP) is 2.80. The number of nitrogens with zero attached hydrogens (tertiary/aromatic N) is 3. The molecule has 2 aliphatic heterocycles. The van der Waals surface area contributed by atoms with Crippen LogP contribution in [0.5, 0.6) is 0 Å². The van der Waals surface area contributed by atoms with Crippen molar-refractivity contribution in [3.8, 4) is 5.69 Å². The molecule has 4 rings (SSSR count). The van der Waals surface area contributed by atoms with Crippen molar-refractivity contribution in [3.05, 3.63) is 46.7 Å². The van der Waals surface area contributed by atoms with Crippen molar-refractivity contribution in [2.24, 2.45) is 0 Å². The summed E-state index contributed by atoms with van der Waals surface area (Å²) in [5.41, 5.74) is 2.40. The highest BCUT2D eigenvalue weighted by Crippen LogP contribution is 2.23. The van der Waals surface area contributed by atoms with E-state index in [2.05, 4.69) is 10.4 Å². The fourth-order valence-corrected chi connectivity index (χ4v) is 3.97. The zero-order valence-electron chi connectivity index (χ0n) is 13.7. The first-order valence-electron chi connectivity index (χ1n) is 8.47. The molecule has 2 aliphatic rings. The monoisotopic (exact) mass is 344 g/mol. The third-order valence-corrected chi connectivity index (χ3v) is 5.34. The van der Waals surface area contributed by atoms with Crippen molar-refractivity contribution in [2.45, 2.75) is 38.3 Å². The average Bonchev–Trinajstić information content (AvgIpc) is 3.09. The topological polar surface area (TPSA) is 50.2 Å². The van der Waals surface area contributed by atoms with Gasteiger partial charge in [0.15, 0.2) is 0 Å². The van der Waals surface area contributed by atoms with E-state index in [1.807, 2.05) is 36.1 Å². The van der Waals surface area contributed by atoms with Crippen LogP contribution in [0.1, 0.15) is 35.3 Å². The minimum atomic E-state index is 0.0788. The van der Waals surface area contributed by atoms with E-state index in [-0.39, 0.29) is 5.91 Å². The van der Waals surface area contributed by atoms with E-state index in [4.69, 9.17) is 11.6 Å². The van der Waals surface area contributed by atoms with Gasteiger partial charge in [0.1, 0.15) is 0 Å². The molecular weight excluding hydrogens is 324 g/mol. The van der Waals surface area contributed by atoms with Crippen LogP contribution < -0.4 is 5.32 Å². The Hall–Kier alpha value is -1.85. The van der Waals surface area contributed by atoms with Crippen LogP contribution in [0.4, 0.5) is 0 Å². The number of aromatic nitrogens is 2. The number of hydrogen-bond acceptors (Lipinski definition) is 3. The summed E-state index contributed by atoms with van der Waals surface area (Å²) >= 11 is 6.07. The van der Waals surface area contributed by atoms with Gasteiger partial charge in [0, 0.05) is 30.2 Å². The number of benzene rings is 1. The Balaban J connectivity index is 1.59. The number of carbonyl (C=O) groups excluding carboxylic acids is 1. The van der Waals surface area contributed by atoms with Gasteiger partial charge in [-0.2, -0.15) is 5.10 Å². The Kier molecular flexibility index (Phi) is 4.06. The van der Waals surface area contributed by atoms with Crippen molar-refractivity contribution < 1.29 is 4.79 Å². The van der Waals surface area contributed by atoms with Crippen LogP contribution in [-0.4, -0.2) is 45.8 Å². The smallest absolute Gasteiger partial charge is 0.257 e. The molecule has 1 aromatic carbocycles. The van der Waals surface area contributed by atoms with Crippen molar-refractivity contribution in [3.63, 3.8) is 0 Å². The first-order chi connectivity index (χ1) is 11.6. The van der Waals surface area contributed by atoms with Gasteiger partial charge in [0.05, 0.1) is 23.1 Å². The Morgan fingerprint density at radius 2 is 2.12 bits per heavy atom. The molecular formula is C18H21ClN4O. The number of amides is 1. The van der Waals surface area contributed by atoms with Crippen LogP contribution in [0.25, 0.3) is 5.69 Å². The number of halogens is 1. The van der Waals surface area contributed by atoms with E-state index < -0.39 is 0 Å². The van der Waals surface area contributed by atoms with E-state index in [0.29, 0.717) is 22.7 Å². The third kappa shape index (κ3) is 2.82. The zero-order valence-corrected chi connectivity index (χ0v) is 14.5. The lowest BCUT2D eigenvalue weighted by Crippen LogP contribution is -2.39. The zero-order chi connectivity index (χ0) is 16.7. The predicted molar refractivity (Wildman–Crippen MR) is 93.8 cm³/mol. The van der Waals surface area contributed by atoms with Gasteiger partial charge in [-0.25, -0.2) is 4.68 Å². The van der Waals surface area contributed by atoms with E-state index in [0.717, 1.165) is 37.3 Å². The lowest BCUT2D eigenvalue weighted by Gasteiger charge is -2.24. The van der Waals surface area contributed by atoms with E-state index in [1.165, 1.54) is 6.42 Å². The molecule has 2 aromatic rings. The lowest BCUT2D eigenvalue weighted by atomic mass is 10.1. The number of fused-ring (bicyclic) bond motifs is 2. The van der Waals surface area contributed by atoms with Gasteiger partial charge < -0.3 is 10.2 Å². The van der Waals surface area contributed by atoms with Crippen LogP contribution in [0.3, 0.4) is 0 Å². The standard InChI is InChI=1S/C18H21ClN4O/c1-12-17(10-20-23(12)16-4-2-3-13(19)9-16)18(24)22-8-7-14-5-6-15(11-22)21-14/h2-4,9-10,14-15,21H,5-8,11H2,1H3. The Morgan fingerprint density at radius 1 is 1.29 bits per heavy atom. The Morgan fingerprint density at radius 3 is 2.96 bits per heavy atom. The lowest BCUT2D eigenvalue weighted by molar-refractivity contribution is 0.0747. The molecule has 2 saturated heterocycles. The van der Waals surface area contributed by atoms with Gasteiger partial charge >= 0.3 is 0 Å². The fourth-order valence-electron chi connectivity index (χ4n) is 3.79. The number of likely N-dealkylation sites (tertiary alicyclic amines) is 1. The maximum atomic E-state index is 13.0.